The highest BCUT2D eigenvalue weighted by Crippen LogP contribution is 2.17. The van der Waals surface area contributed by atoms with E-state index in [-0.39, 0.29) is 18.2 Å². The van der Waals surface area contributed by atoms with Crippen molar-refractivity contribution in [3.8, 4) is 0 Å². The van der Waals surface area contributed by atoms with E-state index in [2.05, 4.69) is 15.6 Å². The number of pyridine rings is 1. The average molecular weight is 319 g/mol. The van der Waals surface area contributed by atoms with Crippen LogP contribution in [0, 0.1) is 6.92 Å². The first-order chi connectivity index (χ1) is 11.1. The zero-order valence-electron chi connectivity index (χ0n) is 13.1. The summed E-state index contributed by atoms with van der Waals surface area (Å²) in [6.45, 7) is 5.11. The molecule has 2 aliphatic rings. The lowest BCUT2D eigenvalue weighted by Gasteiger charge is -2.35. The maximum absolute atomic E-state index is 12.2. The number of carbonyl (C=O) groups excluding carboxylic acids is 2. The number of carbonyl (C=O) groups is 2. The van der Waals surface area contributed by atoms with Gasteiger partial charge in [-0.25, -0.2) is 9.59 Å². The Kier molecular flexibility index (Phi) is 4.50. The molecule has 3 rings (SSSR count). The van der Waals surface area contributed by atoms with E-state index >= 15 is 0 Å². The van der Waals surface area contributed by atoms with Gasteiger partial charge < -0.3 is 20.3 Å². The maximum atomic E-state index is 12.2. The molecule has 2 N–H and O–H groups in total. The maximum Gasteiger partial charge on any atom is 0.410 e. The Hall–Kier alpha value is -2.51. The number of cyclic esters (lactones) is 1. The van der Waals surface area contributed by atoms with Gasteiger partial charge in [-0.3, -0.25) is 9.88 Å². The second kappa shape index (κ2) is 6.72. The van der Waals surface area contributed by atoms with E-state index in [1.165, 1.54) is 0 Å². The van der Waals surface area contributed by atoms with Crippen molar-refractivity contribution in [1.82, 2.24) is 20.1 Å². The summed E-state index contributed by atoms with van der Waals surface area (Å²) in [5, 5.41) is 6.17. The molecule has 8 nitrogen and oxygen atoms in total. The Morgan fingerprint density at radius 3 is 3.13 bits per heavy atom. The number of fused-ring (bicyclic) bond motifs is 1. The highest BCUT2D eigenvalue weighted by molar-refractivity contribution is 5.75. The van der Waals surface area contributed by atoms with Crippen LogP contribution >= 0.6 is 0 Å². The molecule has 0 unspecified atom stereocenters. The highest BCUT2D eigenvalue weighted by Gasteiger charge is 2.38. The fraction of sp³-hybridized carbons (Fsp3) is 0.533. The Balaban J connectivity index is 1.40. The van der Waals surface area contributed by atoms with Crippen LogP contribution in [0.5, 0.6) is 0 Å². The van der Waals surface area contributed by atoms with Gasteiger partial charge in [0.15, 0.2) is 0 Å². The lowest BCUT2D eigenvalue weighted by atomic mass is 10.2. The standard InChI is InChI=1S/C15H21N5O3/c1-11-8-16-3-2-13(11)17-4-5-18-14(21)19-6-7-20-12(9-19)10-23-15(20)22/h2-3,8,12H,4-7,9-10H2,1H3,(H,16,17)(H,18,21)/t12-/m1/s1. The van der Waals surface area contributed by atoms with Gasteiger partial charge in [-0.1, -0.05) is 0 Å². The zero-order chi connectivity index (χ0) is 16.2. The van der Waals surface area contributed by atoms with Gasteiger partial charge in [0.2, 0.25) is 0 Å². The second-order valence-electron chi connectivity index (χ2n) is 5.72. The van der Waals surface area contributed by atoms with Crippen molar-refractivity contribution in [2.24, 2.45) is 0 Å². The van der Waals surface area contributed by atoms with Crippen LogP contribution in [0.2, 0.25) is 0 Å². The number of piperazine rings is 1. The number of anilines is 1. The van der Waals surface area contributed by atoms with Crippen molar-refractivity contribution >= 4 is 17.8 Å². The summed E-state index contributed by atoms with van der Waals surface area (Å²) in [6.07, 6.45) is 3.26. The molecule has 1 aromatic rings. The van der Waals surface area contributed by atoms with Gasteiger partial charge in [-0.2, -0.15) is 0 Å². The molecular formula is C15H21N5O3. The smallest absolute Gasteiger partial charge is 0.410 e. The molecule has 0 saturated carbocycles. The first-order valence-corrected chi connectivity index (χ1v) is 7.76. The summed E-state index contributed by atoms with van der Waals surface area (Å²) in [5.74, 6) is 0. The predicted molar refractivity (Wildman–Crippen MR) is 84.3 cm³/mol. The van der Waals surface area contributed by atoms with Crippen LogP contribution in [0.3, 0.4) is 0 Å². The monoisotopic (exact) mass is 319 g/mol. The van der Waals surface area contributed by atoms with E-state index in [1.54, 1.807) is 22.2 Å². The van der Waals surface area contributed by atoms with Crippen LogP contribution in [0.1, 0.15) is 5.56 Å². The third kappa shape index (κ3) is 3.46. The van der Waals surface area contributed by atoms with E-state index < -0.39 is 0 Å². The van der Waals surface area contributed by atoms with Crippen molar-refractivity contribution < 1.29 is 14.3 Å². The number of nitrogens with zero attached hydrogens (tertiary/aromatic N) is 3. The van der Waals surface area contributed by atoms with Crippen LogP contribution in [-0.2, 0) is 4.74 Å². The summed E-state index contributed by atoms with van der Waals surface area (Å²) in [5.41, 5.74) is 2.09. The molecule has 3 heterocycles. The van der Waals surface area contributed by atoms with Crippen LogP contribution < -0.4 is 10.6 Å². The number of hydrogen-bond acceptors (Lipinski definition) is 5. The molecule has 0 spiro atoms. The van der Waals surface area contributed by atoms with Crippen molar-refractivity contribution in [3.63, 3.8) is 0 Å². The minimum absolute atomic E-state index is 0.0143. The third-order valence-corrected chi connectivity index (χ3v) is 4.14. The summed E-state index contributed by atoms with van der Waals surface area (Å²) in [6, 6.07) is 1.80. The number of aryl methyl sites for hydroxylation is 1. The van der Waals surface area contributed by atoms with Gasteiger partial charge in [0.25, 0.3) is 0 Å². The summed E-state index contributed by atoms with van der Waals surface area (Å²) < 4.78 is 5.00. The first kappa shape index (κ1) is 15.4. The van der Waals surface area contributed by atoms with E-state index in [4.69, 9.17) is 4.74 Å². The Labute approximate surface area is 134 Å². The SMILES string of the molecule is Cc1cnccc1NCCNC(=O)N1CCN2C(=O)OC[C@H]2C1. The lowest BCUT2D eigenvalue weighted by Crippen LogP contribution is -2.56. The molecule has 1 aromatic heterocycles. The van der Waals surface area contributed by atoms with Crippen LogP contribution in [0.4, 0.5) is 15.3 Å². The quantitative estimate of drug-likeness (QED) is 0.796. The molecule has 8 heteroatoms. The topological polar surface area (TPSA) is 86.8 Å². The Morgan fingerprint density at radius 1 is 1.43 bits per heavy atom. The van der Waals surface area contributed by atoms with Gasteiger partial charge in [-0.05, 0) is 18.6 Å². The summed E-state index contributed by atoms with van der Waals surface area (Å²) >= 11 is 0. The van der Waals surface area contributed by atoms with Gasteiger partial charge in [0, 0.05) is 50.8 Å². The van der Waals surface area contributed by atoms with E-state index in [1.807, 2.05) is 13.0 Å². The number of urea groups is 1. The second-order valence-corrected chi connectivity index (χ2v) is 5.72. The molecule has 1 atom stereocenters. The summed E-state index contributed by atoms with van der Waals surface area (Å²) in [4.78, 5) is 31.1. The van der Waals surface area contributed by atoms with Gasteiger partial charge in [-0.15, -0.1) is 0 Å². The molecule has 2 fully saturated rings. The molecule has 0 radical (unpaired) electrons. The molecule has 2 aliphatic heterocycles. The van der Waals surface area contributed by atoms with Crippen LogP contribution in [-0.4, -0.2) is 72.3 Å². The Morgan fingerprint density at radius 2 is 2.30 bits per heavy atom. The third-order valence-electron chi connectivity index (χ3n) is 4.14. The largest absolute Gasteiger partial charge is 0.447 e. The van der Waals surface area contributed by atoms with E-state index in [9.17, 15) is 9.59 Å². The number of amides is 3. The first-order valence-electron chi connectivity index (χ1n) is 7.76. The fourth-order valence-corrected chi connectivity index (χ4v) is 2.82. The molecule has 0 aromatic carbocycles. The molecular weight excluding hydrogens is 298 g/mol. The predicted octanol–water partition coefficient (Wildman–Crippen LogP) is 0.648. The molecule has 3 amide bonds. The van der Waals surface area contributed by atoms with Crippen LogP contribution in [0.25, 0.3) is 0 Å². The Bertz CT molecular complexity index is 594. The van der Waals surface area contributed by atoms with Crippen molar-refractivity contribution in [2.75, 3.05) is 44.6 Å². The van der Waals surface area contributed by atoms with Crippen LogP contribution in [0.15, 0.2) is 18.5 Å². The van der Waals surface area contributed by atoms with Crippen molar-refractivity contribution in [1.29, 1.82) is 0 Å². The number of nitrogens with one attached hydrogen (secondary N) is 2. The highest BCUT2D eigenvalue weighted by atomic mass is 16.6. The van der Waals surface area contributed by atoms with Gasteiger partial charge in [0.05, 0.1) is 6.04 Å². The molecule has 124 valence electrons. The molecule has 0 aliphatic carbocycles. The number of hydrogen-bond donors (Lipinski definition) is 2. The molecule has 0 bridgehead atoms. The number of ether oxygens (including phenoxy) is 1. The fourth-order valence-electron chi connectivity index (χ4n) is 2.82. The lowest BCUT2D eigenvalue weighted by molar-refractivity contribution is 0.127. The van der Waals surface area contributed by atoms with Crippen molar-refractivity contribution in [2.45, 2.75) is 13.0 Å². The molecule has 23 heavy (non-hydrogen) atoms. The van der Waals surface area contributed by atoms with Gasteiger partial charge in [0.1, 0.15) is 6.61 Å². The minimum atomic E-state index is -0.271. The normalized spacial score (nSPS) is 20.0. The van der Waals surface area contributed by atoms with E-state index in [0.717, 1.165) is 11.3 Å². The number of rotatable bonds is 4. The molecule has 2 saturated heterocycles. The van der Waals surface area contributed by atoms with E-state index in [0.29, 0.717) is 39.3 Å². The minimum Gasteiger partial charge on any atom is -0.447 e. The average Bonchev–Trinajstić information content (AvgIpc) is 2.93. The van der Waals surface area contributed by atoms with Gasteiger partial charge >= 0.3 is 12.1 Å². The zero-order valence-corrected chi connectivity index (χ0v) is 13.1. The number of aromatic nitrogens is 1. The summed E-state index contributed by atoms with van der Waals surface area (Å²) in [7, 11) is 0. The van der Waals surface area contributed by atoms with Crippen molar-refractivity contribution in [3.05, 3.63) is 24.0 Å².